The maximum Gasteiger partial charge on any atom is 2.00 e. The fraction of sp³-hybridized carbons (Fsp3) is 0.0286. The summed E-state index contributed by atoms with van der Waals surface area (Å²) in [6, 6.07) is 116. The number of imidazole rings is 1. The predicted octanol–water partition coefficient (Wildman–Crippen LogP) is 23.4. The minimum Gasteiger partial charge on any atom is -0.536 e. The van der Waals surface area contributed by atoms with Gasteiger partial charge in [0, 0.05) is 118 Å². The second-order valence-corrected chi connectivity index (χ2v) is 30.0. The van der Waals surface area contributed by atoms with Crippen molar-refractivity contribution < 1.29 is 106 Å². The number of aromatic nitrogens is 14. The third-order valence-electron chi connectivity index (χ3n) is 21.5. The van der Waals surface area contributed by atoms with Gasteiger partial charge in [-0.15, -0.1) is 173 Å². The van der Waals surface area contributed by atoms with E-state index in [0.717, 1.165) is 168 Å². The number of hydrogen-bond donors (Lipinski definition) is 0. The average molecular weight is 2430 g/mol. The standard InChI is InChI=1S/C32H20N4O.C28H17N3.C27H21N5O2.C18H10N4OS.4Pt/c1-2-10-25(11-3-1)36(27-13-4-8-24(20-27)29-15-6-16-30-31(29)34-22-37-30)28-14-5-12-26(21-28)35-19-17-23-9-7-18-33-32(23)35;1-2-13-27-23(10-1)24-15-14-21(26-12-4-6-17-30-26)19-28(24)31(27)22-9-7-8-20(18-22)25-11-3-5-16-29-25;1-30-15-23(25-26(30)31(2)17-28-25)19-8-6-12-22(14-19)32(21-10-4-3-5-11-21)13-7-9-20-16-33-27-24(20)29-18-34-27;1-3-13(9-14(4-1)22-7-2-6-20-22)21-8-5-17-16(21)10-18(23-17)15-11-24-12-19-15;;;;/h1-19,22H;1-17H;3-6,8-12,15-18H,13H2,1-2H3;1-8,11-12H;;;;/q4*-2;;3*+2. The molecule has 640 valence electrons. The molecular formula is C105H68N16O4Pt4S-2. The summed E-state index contributed by atoms with van der Waals surface area (Å²) >= 11 is 1.53. The number of para-hydroxylation sites is 4. The fourth-order valence-corrected chi connectivity index (χ4v) is 16.2. The number of thiazole rings is 1. The molecule has 0 aliphatic rings. The molecule has 0 bridgehead atoms. The van der Waals surface area contributed by atoms with E-state index in [2.05, 4.69) is 233 Å². The van der Waals surface area contributed by atoms with Gasteiger partial charge in [-0.25, -0.2) is 26.0 Å². The number of furan rings is 2. The summed E-state index contributed by atoms with van der Waals surface area (Å²) in [5, 5.41) is 9.64. The van der Waals surface area contributed by atoms with E-state index in [0.29, 0.717) is 23.6 Å². The fourth-order valence-electron chi connectivity index (χ4n) is 15.7. The zero-order valence-corrected chi connectivity index (χ0v) is 78.7. The van der Waals surface area contributed by atoms with Crippen molar-refractivity contribution in [2.24, 2.45) is 14.1 Å². The van der Waals surface area contributed by atoms with Crippen LogP contribution in [0.2, 0.25) is 0 Å². The Balaban J connectivity index is 0.000000121. The van der Waals surface area contributed by atoms with Crippen molar-refractivity contribution in [3.63, 3.8) is 0 Å². The Morgan fingerprint density at radius 3 is 1.94 bits per heavy atom. The van der Waals surface area contributed by atoms with Crippen molar-refractivity contribution in [2.75, 3.05) is 16.3 Å². The van der Waals surface area contributed by atoms with E-state index in [1.54, 1.807) is 22.7 Å². The molecule has 24 rings (SSSR count). The van der Waals surface area contributed by atoms with Gasteiger partial charge in [-0.05, 0) is 148 Å². The smallest absolute Gasteiger partial charge is 0.536 e. The van der Waals surface area contributed by atoms with Crippen LogP contribution in [-0.2, 0) is 98.4 Å². The molecule has 0 aliphatic carbocycles. The second-order valence-electron chi connectivity index (χ2n) is 29.3. The van der Waals surface area contributed by atoms with Crippen LogP contribution in [0, 0.1) is 48.5 Å². The zero-order chi connectivity index (χ0) is 84.2. The summed E-state index contributed by atoms with van der Waals surface area (Å²) in [4.78, 5) is 35.4. The molecule has 0 aliphatic heterocycles. The van der Waals surface area contributed by atoms with Crippen molar-refractivity contribution >= 4 is 123 Å². The van der Waals surface area contributed by atoms with E-state index in [-0.39, 0.29) is 84.3 Å². The second kappa shape index (κ2) is 39.5. The van der Waals surface area contributed by atoms with Gasteiger partial charge in [0.25, 0.3) is 5.78 Å². The van der Waals surface area contributed by atoms with Gasteiger partial charge in [0.15, 0.2) is 12.8 Å². The monoisotopic (exact) mass is 2430 g/mol. The number of anilines is 5. The number of nitrogens with zero attached hydrogens (tertiary/aromatic N) is 16. The van der Waals surface area contributed by atoms with Gasteiger partial charge in [0.05, 0.1) is 28.4 Å². The predicted molar refractivity (Wildman–Crippen MR) is 492 cm³/mol. The van der Waals surface area contributed by atoms with E-state index in [1.807, 2.05) is 236 Å². The number of aryl methyl sites for hydroxylation is 2. The van der Waals surface area contributed by atoms with Crippen LogP contribution < -0.4 is 19.4 Å². The van der Waals surface area contributed by atoms with Crippen LogP contribution in [0.25, 0.3) is 163 Å². The van der Waals surface area contributed by atoms with Crippen LogP contribution in [0.1, 0.15) is 5.56 Å². The van der Waals surface area contributed by atoms with Crippen LogP contribution in [0.3, 0.4) is 0 Å². The first-order valence-corrected chi connectivity index (χ1v) is 41.3. The molecule has 25 heteroatoms. The van der Waals surface area contributed by atoms with Crippen LogP contribution in [0.5, 0.6) is 0 Å². The summed E-state index contributed by atoms with van der Waals surface area (Å²) in [6.45, 7) is 0.516. The zero-order valence-electron chi connectivity index (χ0n) is 68.8. The SMILES string of the molecule is Cn1cc(-c2[c-]c(N(C[C-]=Cc3coc4ocnc34)c3ccccc3)ccc2)c2[n-]c[n+](C)c21.[Pt+2].[Pt+2].[Pt+2].[Pt].[c-]1c(-c2cccc3ocnc23)cccc1N(c1[c-]c(-n2ccc3cccnc32)ccc1)c1ccccc1.[c-]1c(-c2ccccn2)cccc1-n1c2[c-]c(-c3ccccn3)ccc2c2ccccc21.[c-]1c(-n2cccn2)cccc1-n1ccc2oc(-c3cscn3)[c-]c21. The molecule has 20 nitrogen and oxygen atoms in total. The quantitative estimate of drug-likeness (QED) is 0.0617. The Morgan fingerprint density at radius 2 is 1.15 bits per heavy atom. The van der Waals surface area contributed by atoms with E-state index in [1.165, 1.54) is 29.5 Å². The summed E-state index contributed by atoms with van der Waals surface area (Å²) in [5.41, 5.74) is 28.6. The largest absolute Gasteiger partial charge is 2.00 e. The van der Waals surface area contributed by atoms with Crippen molar-refractivity contribution in [1.29, 1.82) is 0 Å². The Labute approximate surface area is 807 Å². The topological polar surface area (TPSA) is 192 Å². The average Bonchev–Trinajstić information content (AvgIpc) is 1.59. The third-order valence-corrected chi connectivity index (χ3v) is 22.1. The number of oxazole rings is 2. The molecule has 14 heterocycles. The number of pyridine rings is 3. The molecule has 0 unspecified atom stereocenters. The van der Waals surface area contributed by atoms with Gasteiger partial charge >= 0.3 is 63.2 Å². The van der Waals surface area contributed by atoms with Crippen LogP contribution in [0.15, 0.2) is 376 Å². The molecule has 24 aromatic rings. The number of fused-ring (bicyclic) bond motifs is 8. The summed E-state index contributed by atoms with van der Waals surface area (Å²) < 4.78 is 34.2. The number of hydrogen-bond acceptors (Lipinski definition) is 14. The van der Waals surface area contributed by atoms with Gasteiger partial charge in [0.2, 0.25) is 0 Å². The van der Waals surface area contributed by atoms with Gasteiger partial charge in [-0.2, -0.15) is 17.2 Å². The normalized spacial score (nSPS) is 11.1. The molecule has 0 amide bonds. The van der Waals surface area contributed by atoms with Gasteiger partial charge in [0.1, 0.15) is 16.9 Å². The van der Waals surface area contributed by atoms with Crippen LogP contribution >= 0.6 is 11.3 Å². The molecular weight excluding hydrogens is 2360 g/mol. The van der Waals surface area contributed by atoms with Gasteiger partial charge < -0.3 is 65.3 Å². The molecule has 0 N–H and O–H groups in total. The molecule has 10 aromatic carbocycles. The van der Waals surface area contributed by atoms with Gasteiger partial charge in [-0.1, -0.05) is 131 Å². The van der Waals surface area contributed by atoms with Gasteiger partial charge in [-0.3, -0.25) is 10.8 Å². The first-order valence-electron chi connectivity index (χ1n) is 40.4. The van der Waals surface area contributed by atoms with Crippen LogP contribution in [0.4, 0.5) is 28.4 Å². The molecule has 14 aromatic heterocycles. The molecule has 130 heavy (non-hydrogen) atoms. The first kappa shape index (κ1) is 87.8. The maximum atomic E-state index is 5.85. The molecule has 0 fully saturated rings. The van der Waals surface area contributed by atoms with Crippen molar-refractivity contribution in [3.8, 4) is 79.0 Å². The van der Waals surface area contributed by atoms with E-state index in [4.69, 9.17) is 17.7 Å². The molecule has 0 spiro atoms. The Kier molecular flexibility index (Phi) is 26.7. The summed E-state index contributed by atoms with van der Waals surface area (Å²) in [6.07, 6.45) is 26.8. The summed E-state index contributed by atoms with van der Waals surface area (Å²) in [7, 11) is 4.04. The van der Waals surface area contributed by atoms with Crippen LogP contribution in [-0.4, -0.2) is 64.5 Å². The molecule has 0 saturated heterocycles. The molecule has 0 saturated carbocycles. The third kappa shape index (κ3) is 17.8. The van der Waals surface area contributed by atoms with E-state index >= 15 is 0 Å². The minimum absolute atomic E-state index is 0. The number of benzene rings is 10. The number of rotatable bonds is 17. The molecule has 0 atom stereocenters. The Morgan fingerprint density at radius 1 is 0.485 bits per heavy atom. The Hall–Kier alpha value is -14.3. The maximum absolute atomic E-state index is 5.85. The van der Waals surface area contributed by atoms with E-state index in [9.17, 15) is 0 Å². The minimum atomic E-state index is 0. The Bertz CT molecular complexity index is 7980. The summed E-state index contributed by atoms with van der Waals surface area (Å²) in [5.74, 6) is 1.07. The molecule has 0 radical (unpaired) electrons. The van der Waals surface area contributed by atoms with Crippen molar-refractivity contribution in [1.82, 2.24) is 62.9 Å². The van der Waals surface area contributed by atoms with Crippen molar-refractivity contribution in [3.05, 3.63) is 413 Å². The van der Waals surface area contributed by atoms with Crippen molar-refractivity contribution in [2.45, 2.75) is 0 Å². The van der Waals surface area contributed by atoms with E-state index < -0.39 is 0 Å². The first-order chi connectivity index (χ1) is 62.3.